The Bertz CT molecular complexity index is 575. The lowest BCUT2D eigenvalue weighted by Gasteiger charge is -2.07. The van der Waals surface area contributed by atoms with Crippen molar-refractivity contribution < 1.29 is 4.74 Å². The van der Waals surface area contributed by atoms with Gasteiger partial charge in [-0.2, -0.15) is 5.26 Å². The molecule has 4 nitrogen and oxygen atoms in total. The third-order valence-corrected chi connectivity index (χ3v) is 2.59. The van der Waals surface area contributed by atoms with E-state index in [4.69, 9.17) is 10.00 Å². The molecule has 0 aliphatic rings. The van der Waals surface area contributed by atoms with E-state index in [2.05, 4.69) is 25.9 Å². The zero-order chi connectivity index (χ0) is 12.3. The van der Waals surface area contributed by atoms with Crippen LogP contribution in [-0.2, 0) is 0 Å². The molecule has 0 amide bonds. The van der Waals surface area contributed by atoms with Gasteiger partial charge in [0.05, 0.1) is 12.4 Å². The normalized spacial score (nSPS) is 9.71. The van der Waals surface area contributed by atoms with Crippen LogP contribution in [0.3, 0.4) is 0 Å². The van der Waals surface area contributed by atoms with Crippen molar-refractivity contribution in [3.8, 4) is 17.7 Å². The SMILES string of the molecule is Cc1cc(Br)ccc1Oc1cnc(C#N)cn1. The molecule has 1 aromatic heterocycles. The van der Waals surface area contributed by atoms with Gasteiger partial charge in [0.2, 0.25) is 5.88 Å². The smallest absolute Gasteiger partial charge is 0.237 e. The number of aryl methyl sites for hydroxylation is 1. The summed E-state index contributed by atoms with van der Waals surface area (Å²) in [6.07, 6.45) is 2.81. The molecule has 0 radical (unpaired) electrons. The van der Waals surface area contributed by atoms with Crippen molar-refractivity contribution in [3.05, 3.63) is 46.3 Å². The molecule has 0 fully saturated rings. The van der Waals surface area contributed by atoms with Gasteiger partial charge in [-0.1, -0.05) is 15.9 Å². The number of aromatic nitrogens is 2. The minimum atomic E-state index is 0.268. The molecule has 1 heterocycles. The third-order valence-electron chi connectivity index (χ3n) is 2.09. The maximum Gasteiger partial charge on any atom is 0.237 e. The zero-order valence-electron chi connectivity index (χ0n) is 9.01. The van der Waals surface area contributed by atoms with E-state index in [9.17, 15) is 0 Å². The maximum absolute atomic E-state index is 8.59. The first-order valence-electron chi connectivity index (χ1n) is 4.85. The first-order chi connectivity index (χ1) is 8.19. The molecule has 5 heteroatoms. The number of nitrogens with zero attached hydrogens (tertiary/aromatic N) is 3. The topological polar surface area (TPSA) is 58.8 Å². The largest absolute Gasteiger partial charge is 0.437 e. The quantitative estimate of drug-likeness (QED) is 0.852. The van der Waals surface area contributed by atoms with Gasteiger partial charge < -0.3 is 4.74 Å². The van der Waals surface area contributed by atoms with Crippen LogP contribution in [0, 0.1) is 18.3 Å². The molecule has 0 unspecified atom stereocenters. The van der Waals surface area contributed by atoms with Crippen LogP contribution >= 0.6 is 15.9 Å². The number of hydrogen-bond donors (Lipinski definition) is 0. The van der Waals surface area contributed by atoms with Crippen molar-refractivity contribution in [3.63, 3.8) is 0 Å². The Labute approximate surface area is 107 Å². The molecule has 0 atom stereocenters. The van der Waals surface area contributed by atoms with Crippen LogP contribution in [0.4, 0.5) is 0 Å². The van der Waals surface area contributed by atoms with Crippen LogP contribution in [0.1, 0.15) is 11.3 Å². The fourth-order valence-electron chi connectivity index (χ4n) is 1.27. The molecule has 17 heavy (non-hydrogen) atoms. The van der Waals surface area contributed by atoms with Crippen LogP contribution < -0.4 is 4.74 Å². The molecule has 1 aromatic carbocycles. The van der Waals surface area contributed by atoms with Gasteiger partial charge in [0.25, 0.3) is 0 Å². The van der Waals surface area contributed by atoms with E-state index in [1.807, 2.05) is 31.2 Å². The zero-order valence-corrected chi connectivity index (χ0v) is 10.6. The van der Waals surface area contributed by atoms with Crippen molar-refractivity contribution in [2.24, 2.45) is 0 Å². The number of benzene rings is 1. The number of halogens is 1. The molecule has 2 aromatic rings. The van der Waals surface area contributed by atoms with Gasteiger partial charge in [-0.05, 0) is 30.7 Å². The fraction of sp³-hybridized carbons (Fsp3) is 0.0833. The lowest BCUT2D eigenvalue weighted by atomic mass is 10.2. The molecule has 0 saturated heterocycles. The molecule has 84 valence electrons. The van der Waals surface area contributed by atoms with Crippen molar-refractivity contribution in [2.75, 3.05) is 0 Å². The fourth-order valence-corrected chi connectivity index (χ4v) is 1.74. The highest BCUT2D eigenvalue weighted by Crippen LogP contribution is 2.25. The van der Waals surface area contributed by atoms with Crippen LogP contribution in [0.15, 0.2) is 35.1 Å². The Morgan fingerprint density at radius 3 is 2.71 bits per heavy atom. The van der Waals surface area contributed by atoms with Crippen molar-refractivity contribution in [1.82, 2.24) is 9.97 Å². The van der Waals surface area contributed by atoms with E-state index in [0.29, 0.717) is 11.6 Å². The summed E-state index contributed by atoms with van der Waals surface area (Å²) >= 11 is 3.38. The summed E-state index contributed by atoms with van der Waals surface area (Å²) in [5.74, 6) is 1.08. The van der Waals surface area contributed by atoms with E-state index >= 15 is 0 Å². The Morgan fingerprint density at radius 2 is 2.12 bits per heavy atom. The van der Waals surface area contributed by atoms with E-state index < -0.39 is 0 Å². The Balaban J connectivity index is 2.23. The van der Waals surface area contributed by atoms with Crippen molar-refractivity contribution >= 4 is 15.9 Å². The summed E-state index contributed by atoms with van der Waals surface area (Å²) < 4.78 is 6.55. The number of ether oxygens (including phenoxy) is 1. The van der Waals surface area contributed by atoms with E-state index in [0.717, 1.165) is 10.0 Å². The van der Waals surface area contributed by atoms with Crippen LogP contribution in [0.5, 0.6) is 11.6 Å². The molecule has 0 bridgehead atoms. The Hall–Kier alpha value is -1.93. The highest BCUT2D eigenvalue weighted by molar-refractivity contribution is 9.10. The van der Waals surface area contributed by atoms with Gasteiger partial charge >= 0.3 is 0 Å². The summed E-state index contributed by atoms with van der Waals surface area (Å²) in [6, 6.07) is 7.59. The summed E-state index contributed by atoms with van der Waals surface area (Å²) in [6.45, 7) is 1.94. The minimum Gasteiger partial charge on any atom is -0.437 e. The Morgan fingerprint density at radius 1 is 1.29 bits per heavy atom. The highest BCUT2D eigenvalue weighted by Gasteiger charge is 2.03. The molecule has 0 aliphatic heterocycles. The predicted octanol–water partition coefficient (Wildman–Crippen LogP) is 3.21. The van der Waals surface area contributed by atoms with E-state index in [-0.39, 0.29) is 5.69 Å². The molecular weight excluding hydrogens is 282 g/mol. The number of nitriles is 1. The lowest BCUT2D eigenvalue weighted by molar-refractivity contribution is 0.456. The maximum atomic E-state index is 8.59. The molecule has 0 spiro atoms. The second-order valence-electron chi connectivity index (χ2n) is 3.36. The van der Waals surface area contributed by atoms with Gasteiger partial charge in [0, 0.05) is 4.47 Å². The number of rotatable bonds is 2. The second kappa shape index (κ2) is 4.93. The average molecular weight is 290 g/mol. The van der Waals surface area contributed by atoms with Crippen LogP contribution in [0.25, 0.3) is 0 Å². The minimum absolute atomic E-state index is 0.268. The van der Waals surface area contributed by atoms with Gasteiger partial charge in [-0.25, -0.2) is 9.97 Å². The van der Waals surface area contributed by atoms with E-state index in [1.165, 1.54) is 12.4 Å². The lowest BCUT2D eigenvalue weighted by Crippen LogP contribution is -1.92. The average Bonchev–Trinajstić information content (AvgIpc) is 2.34. The van der Waals surface area contributed by atoms with E-state index in [1.54, 1.807) is 0 Å². The van der Waals surface area contributed by atoms with Crippen molar-refractivity contribution in [2.45, 2.75) is 6.92 Å². The monoisotopic (exact) mass is 289 g/mol. The molecule has 0 aliphatic carbocycles. The van der Waals surface area contributed by atoms with Crippen LogP contribution in [-0.4, -0.2) is 9.97 Å². The standard InChI is InChI=1S/C12H8BrN3O/c1-8-4-9(13)2-3-11(8)17-12-7-15-10(5-14)6-16-12/h2-4,6-7H,1H3. The van der Waals surface area contributed by atoms with Gasteiger partial charge in [-0.15, -0.1) is 0 Å². The molecule has 0 N–H and O–H groups in total. The number of hydrogen-bond acceptors (Lipinski definition) is 4. The second-order valence-corrected chi connectivity index (χ2v) is 4.28. The highest BCUT2D eigenvalue weighted by atomic mass is 79.9. The van der Waals surface area contributed by atoms with Gasteiger partial charge in [-0.3, -0.25) is 0 Å². The van der Waals surface area contributed by atoms with Crippen LogP contribution in [0.2, 0.25) is 0 Å². The molecule has 0 saturated carbocycles. The predicted molar refractivity (Wildman–Crippen MR) is 65.7 cm³/mol. The summed E-state index contributed by atoms with van der Waals surface area (Å²) in [5.41, 5.74) is 1.26. The molecular formula is C12H8BrN3O. The summed E-state index contributed by atoms with van der Waals surface area (Å²) in [5, 5.41) is 8.59. The van der Waals surface area contributed by atoms with Gasteiger partial charge in [0.15, 0.2) is 5.69 Å². The third kappa shape index (κ3) is 2.80. The van der Waals surface area contributed by atoms with Gasteiger partial charge in [0.1, 0.15) is 11.8 Å². The first kappa shape index (κ1) is 11.6. The molecule has 2 rings (SSSR count). The summed E-state index contributed by atoms with van der Waals surface area (Å²) in [7, 11) is 0. The summed E-state index contributed by atoms with van der Waals surface area (Å²) in [4.78, 5) is 7.87. The Kier molecular flexibility index (Phi) is 3.35. The first-order valence-corrected chi connectivity index (χ1v) is 5.64. The van der Waals surface area contributed by atoms with Crippen molar-refractivity contribution in [1.29, 1.82) is 5.26 Å².